The lowest BCUT2D eigenvalue weighted by Gasteiger charge is -2.14. The molecule has 0 aliphatic carbocycles. The second-order valence-electron chi connectivity index (χ2n) is 6.71. The minimum atomic E-state index is -4.37. The van der Waals surface area contributed by atoms with Crippen LogP contribution in [0.2, 0.25) is 0 Å². The Kier molecular flexibility index (Phi) is 6.89. The van der Waals surface area contributed by atoms with Gasteiger partial charge >= 0.3 is 6.18 Å². The van der Waals surface area contributed by atoms with Crippen LogP contribution >= 0.6 is 12.4 Å². The van der Waals surface area contributed by atoms with Gasteiger partial charge in [0, 0.05) is 26.1 Å². The third-order valence-electron chi connectivity index (χ3n) is 4.67. The van der Waals surface area contributed by atoms with Crippen molar-refractivity contribution < 1.29 is 18.0 Å². The van der Waals surface area contributed by atoms with Gasteiger partial charge in [0.1, 0.15) is 0 Å². The Morgan fingerprint density at radius 1 is 1.15 bits per heavy atom. The zero-order valence-corrected chi connectivity index (χ0v) is 15.7. The molecule has 0 saturated carbocycles. The highest BCUT2D eigenvalue weighted by atomic mass is 35.5. The van der Waals surface area contributed by atoms with Gasteiger partial charge in [-0.3, -0.25) is 4.79 Å². The maximum absolute atomic E-state index is 12.8. The predicted molar refractivity (Wildman–Crippen MR) is 101 cm³/mol. The standard InChI is InChI=1S/C20H21F3N2O.ClH/c1-13(15-3-2-4-18(9-15)20(21,22)23)7-19(26)25-10-14-5-6-16-11-24-12-17(16)8-14;/h2-6,8-9,13,24H,7,10-12H2,1H3,(H,25,26);1H. The van der Waals surface area contributed by atoms with Crippen LogP contribution in [0.3, 0.4) is 0 Å². The molecule has 3 nitrogen and oxygen atoms in total. The number of alkyl halides is 3. The third kappa shape index (κ3) is 5.47. The van der Waals surface area contributed by atoms with Gasteiger partial charge in [0.2, 0.25) is 5.91 Å². The number of halogens is 4. The summed E-state index contributed by atoms with van der Waals surface area (Å²) in [6.45, 7) is 3.89. The van der Waals surface area contributed by atoms with Gasteiger partial charge in [0.25, 0.3) is 0 Å². The summed E-state index contributed by atoms with van der Waals surface area (Å²) < 4.78 is 38.4. The van der Waals surface area contributed by atoms with E-state index in [9.17, 15) is 18.0 Å². The van der Waals surface area contributed by atoms with Crippen molar-refractivity contribution in [3.63, 3.8) is 0 Å². The highest BCUT2D eigenvalue weighted by molar-refractivity contribution is 5.85. The summed E-state index contributed by atoms with van der Waals surface area (Å²) in [6.07, 6.45) is -4.23. The van der Waals surface area contributed by atoms with Crippen molar-refractivity contribution in [2.45, 2.75) is 45.1 Å². The van der Waals surface area contributed by atoms with E-state index in [1.807, 2.05) is 6.07 Å². The molecule has 1 amide bonds. The largest absolute Gasteiger partial charge is 0.416 e. The average molecular weight is 399 g/mol. The molecule has 1 unspecified atom stereocenters. The topological polar surface area (TPSA) is 41.1 Å². The van der Waals surface area contributed by atoms with E-state index in [1.54, 1.807) is 13.0 Å². The number of rotatable bonds is 5. The number of amides is 1. The SMILES string of the molecule is CC(CC(=O)NCc1ccc2c(c1)CNC2)c1cccc(C(F)(F)F)c1.Cl. The molecule has 146 valence electrons. The van der Waals surface area contributed by atoms with Crippen molar-refractivity contribution in [2.75, 3.05) is 0 Å². The summed E-state index contributed by atoms with van der Waals surface area (Å²) >= 11 is 0. The zero-order chi connectivity index (χ0) is 18.7. The fourth-order valence-electron chi connectivity index (χ4n) is 3.15. The molecule has 2 N–H and O–H groups in total. The predicted octanol–water partition coefficient (Wildman–Crippen LogP) is 4.54. The molecular weight excluding hydrogens is 377 g/mol. The van der Waals surface area contributed by atoms with Gasteiger partial charge in [-0.15, -0.1) is 12.4 Å². The molecular formula is C20H22ClF3N2O. The zero-order valence-electron chi connectivity index (χ0n) is 14.9. The van der Waals surface area contributed by atoms with E-state index >= 15 is 0 Å². The van der Waals surface area contributed by atoms with Crippen molar-refractivity contribution in [1.29, 1.82) is 0 Å². The van der Waals surface area contributed by atoms with Gasteiger partial charge in [0.05, 0.1) is 5.56 Å². The minimum Gasteiger partial charge on any atom is -0.352 e. The lowest BCUT2D eigenvalue weighted by atomic mass is 9.95. The van der Waals surface area contributed by atoms with Crippen LogP contribution in [0.5, 0.6) is 0 Å². The number of nitrogens with one attached hydrogen (secondary N) is 2. The first kappa shape index (κ1) is 21.3. The molecule has 27 heavy (non-hydrogen) atoms. The second-order valence-corrected chi connectivity index (χ2v) is 6.71. The molecule has 1 heterocycles. The van der Waals surface area contributed by atoms with Gasteiger partial charge in [-0.05, 0) is 34.2 Å². The van der Waals surface area contributed by atoms with Crippen LogP contribution in [0, 0.1) is 0 Å². The van der Waals surface area contributed by atoms with E-state index in [0.717, 1.165) is 30.8 Å². The fourth-order valence-corrected chi connectivity index (χ4v) is 3.15. The molecule has 0 spiro atoms. The third-order valence-corrected chi connectivity index (χ3v) is 4.67. The Morgan fingerprint density at radius 3 is 2.63 bits per heavy atom. The molecule has 0 radical (unpaired) electrons. The van der Waals surface area contributed by atoms with Gasteiger partial charge in [-0.25, -0.2) is 0 Å². The molecule has 0 saturated heterocycles. The normalized spacial score (nSPS) is 14.2. The maximum Gasteiger partial charge on any atom is 0.416 e. The summed E-state index contributed by atoms with van der Waals surface area (Å²) in [5.41, 5.74) is 3.37. The lowest BCUT2D eigenvalue weighted by Crippen LogP contribution is -2.24. The van der Waals surface area contributed by atoms with Crippen molar-refractivity contribution in [3.05, 3.63) is 70.3 Å². The lowest BCUT2D eigenvalue weighted by molar-refractivity contribution is -0.137. The van der Waals surface area contributed by atoms with Crippen molar-refractivity contribution in [3.8, 4) is 0 Å². The van der Waals surface area contributed by atoms with E-state index in [2.05, 4.69) is 22.8 Å². The smallest absolute Gasteiger partial charge is 0.352 e. The van der Waals surface area contributed by atoms with Crippen LogP contribution in [0.1, 0.15) is 47.1 Å². The Balaban J connectivity index is 0.00000261. The van der Waals surface area contributed by atoms with Crippen molar-refractivity contribution >= 4 is 18.3 Å². The quantitative estimate of drug-likeness (QED) is 0.776. The summed E-state index contributed by atoms with van der Waals surface area (Å²) in [7, 11) is 0. The van der Waals surface area contributed by atoms with Gasteiger partial charge < -0.3 is 10.6 Å². The fraction of sp³-hybridized carbons (Fsp3) is 0.350. The van der Waals surface area contributed by atoms with Crippen molar-refractivity contribution in [1.82, 2.24) is 10.6 Å². The van der Waals surface area contributed by atoms with Crippen LogP contribution in [0.25, 0.3) is 0 Å². The number of carbonyl (C=O) groups is 1. The van der Waals surface area contributed by atoms with E-state index in [4.69, 9.17) is 0 Å². The first-order chi connectivity index (χ1) is 12.3. The Morgan fingerprint density at radius 2 is 1.89 bits per heavy atom. The van der Waals surface area contributed by atoms with Gasteiger partial charge in [0.15, 0.2) is 0 Å². The van der Waals surface area contributed by atoms with E-state index in [0.29, 0.717) is 12.1 Å². The van der Waals surface area contributed by atoms with Crippen LogP contribution in [0.4, 0.5) is 13.2 Å². The number of fused-ring (bicyclic) bond motifs is 1. The first-order valence-electron chi connectivity index (χ1n) is 8.58. The van der Waals surface area contributed by atoms with Gasteiger partial charge in [-0.2, -0.15) is 13.2 Å². The summed E-state index contributed by atoms with van der Waals surface area (Å²) in [6, 6.07) is 11.3. The van der Waals surface area contributed by atoms with Crippen LogP contribution < -0.4 is 10.6 Å². The van der Waals surface area contributed by atoms with Crippen LogP contribution in [-0.2, 0) is 30.6 Å². The molecule has 1 aliphatic heterocycles. The number of benzene rings is 2. The van der Waals surface area contributed by atoms with E-state index < -0.39 is 11.7 Å². The van der Waals surface area contributed by atoms with Crippen LogP contribution in [-0.4, -0.2) is 5.91 Å². The van der Waals surface area contributed by atoms with Gasteiger partial charge in [-0.1, -0.05) is 43.3 Å². The monoisotopic (exact) mass is 398 g/mol. The molecule has 2 aromatic carbocycles. The first-order valence-corrected chi connectivity index (χ1v) is 8.58. The molecule has 0 aromatic heterocycles. The summed E-state index contributed by atoms with van der Waals surface area (Å²) in [4.78, 5) is 12.2. The molecule has 7 heteroatoms. The number of hydrogen-bond acceptors (Lipinski definition) is 2. The Hall–Kier alpha value is -2.05. The Bertz CT molecular complexity index is 808. The molecule has 2 aromatic rings. The average Bonchev–Trinajstić information content (AvgIpc) is 3.07. The summed E-state index contributed by atoms with van der Waals surface area (Å²) in [5, 5.41) is 6.13. The molecule has 3 rings (SSSR count). The molecule has 0 fully saturated rings. The highest BCUT2D eigenvalue weighted by Gasteiger charge is 2.30. The minimum absolute atomic E-state index is 0. The van der Waals surface area contributed by atoms with Crippen molar-refractivity contribution in [2.24, 2.45) is 0 Å². The Labute approximate surface area is 162 Å². The number of hydrogen-bond donors (Lipinski definition) is 2. The van der Waals surface area contributed by atoms with E-state index in [-0.39, 0.29) is 30.7 Å². The van der Waals surface area contributed by atoms with Crippen LogP contribution in [0.15, 0.2) is 42.5 Å². The molecule has 1 atom stereocenters. The molecule has 0 bridgehead atoms. The second kappa shape index (κ2) is 8.76. The highest BCUT2D eigenvalue weighted by Crippen LogP contribution is 2.31. The number of carbonyl (C=O) groups excluding carboxylic acids is 1. The maximum atomic E-state index is 12.8. The summed E-state index contributed by atoms with van der Waals surface area (Å²) in [5.74, 6) is -0.463. The van der Waals surface area contributed by atoms with E-state index in [1.165, 1.54) is 17.2 Å². The molecule has 1 aliphatic rings.